The van der Waals surface area contributed by atoms with E-state index in [0.717, 1.165) is 11.3 Å². The molecule has 0 radical (unpaired) electrons. The van der Waals surface area contributed by atoms with E-state index in [2.05, 4.69) is 11.6 Å². The molecule has 3 aromatic carbocycles. The first-order valence-corrected chi connectivity index (χ1v) is 13.2. The number of aliphatic hydroxyl groups is 1. The predicted molar refractivity (Wildman–Crippen MR) is 151 cm³/mol. The van der Waals surface area contributed by atoms with Crippen LogP contribution in [0.4, 0.5) is 9.52 Å². The van der Waals surface area contributed by atoms with E-state index in [4.69, 9.17) is 14.2 Å². The van der Waals surface area contributed by atoms with Crippen molar-refractivity contribution in [1.82, 2.24) is 4.98 Å². The van der Waals surface area contributed by atoms with Crippen LogP contribution >= 0.6 is 11.3 Å². The number of rotatable bonds is 9. The summed E-state index contributed by atoms with van der Waals surface area (Å²) in [5, 5.41) is 11.6. The van der Waals surface area contributed by atoms with E-state index in [1.807, 2.05) is 6.92 Å². The van der Waals surface area contributed by atoms with Crippen LogP contribution in [-0.2, 0) is 9.59 Å². The number of amides is 1. The van der Waals surface area contributed by atoms with Crippen LogP contribution in [0.1, 0.15) is 24.1 Å². The van der Waals surface area contributed by atoms with Gasteiger partial charge in [0.2, 0.25) is 0 Å². The molecule has 1 aliphatic rings. The normalized spacial score (nSPS) is 16.4. The second kappa shape index (κ2) is 11.2. The highest BCUT2D eigenvalue weighted by Gasteiger charge is 2.48. The zero-order valence-electron chi connectivity index (χ0n) is 21.7. The molecule has 1 atom stereocenters. The van der Waals surface area contributed by atoms with E-state index in [-0.39, 0.29) is 23.1 Å². The Morgan fingerprint density at radius 2 is 1.88 bits per heavy atom. The first-order chi connectivity index (χ1) is 19.4. The number of ketones is 1. The number of benzene rings is 3. The molecule has 1 amide bonds. The number of methoxy groups -OCH3 is 1. The lowest BCUT2D eigenvalue weighted by atomic mass is 9.95. The molecule has 0 spiro atoms. The standard InChI is InChI=1S/C30H25FN2O6S/c1-4-14-39-22-13-8-18(15-23(22)38-5-2)26-25(27(34)17-6-10-20(37-3)11-7-17)28(35)29(36)33(26)30-32-21-12-9-19(31)16-24(21)40-30/h4,6-13,15-16,26,34H,1,5,14H2,2-3H3. The number of halogens is 1. The molecule has 5 rings (SSSR count). The number of aliphatic hydroxyl groups excluding tert-OH is 1. The second-order valence-corrected chi connectivity index (χ2v) is 9.75. The van der Waals surface area contributed by atoms with Crippen molar-refractivity contribution in [2.75, 3.05) is 25.2 Å². The van der Waals surface area contributed by atoms with Gasteiger partial charge in [0.15, 0.2) is 16.6 Å². The predicted octanol–water partition coefficient (Wildman–Crippen LogP) is 6.03. The van der Waals surface area contributed by atoms with Crippen molar-refractivity contribution in [2.24, 2.45) is 0 Å². The smallest absolute Gasteiger partial charge is 0.301 e. The molecule has 0 aliphatic carbocycles. The van der Waals surface area contributed by atoms with Gasteiger partial charge in [-0.1, -0.05) is 30.1 Å². The summed E-state index contributed by atoms with van der Waals surface area (Å²) in [4.78, 5) is 32.8. The summed E-state index contributed by atoms with van der Waals surface area (Å²) in [6.45, 7) is 6.07. The summed E-state index contributed by atoms with van der Waals surface area (Å²) in [5.41, 5.74) is 1.16. The number of anilines is 1. The minimum atomic E-state index is -1.06. The van der Waals surface area contributed by atoms with Crippen LogP contribution in [0, 0.1) is 5.82 Å². The number of ether oxygens (including phenoxy) is 3. The van der Waals surface area contributed by atoms with Gasteiger partial charge in [0.1, 0.15) is 23.9 Å². The van der Waals surface area contributed by atoms with Crippen LogP contribution in [0.5, 0.6) is 17.2 Å². The highest BCUT2D eigenvalue weighted by molar-refractivity contribution is 7.22. The summed E-state index contributed by atoms with van der Waals surface area (Å²) in [7, 11) is 1.52. The second-order valence-electron chi connectivity index (χ2n) is 8.74. The van der Waals surface area contributed by atoms with E-state index in [0.29, 0.717) is 45.2 Å². The van der Waals surface area contributed by atoms with Crippen molar-refractivity contribution in [2.45, 2.75) is 13.0 Å². The third kappa shape index (κ3) is 4.89. The minimum Gasteiger partial charge on any atom is -0.507 e. The van der Waals surface area contributed by atoms with Crippen molar-refractivity contribution < 1.29 is 33.3 Å². The van der Waals surface area contributed by atoms with Gasteiger partial charge in [0.05, 0.1) is 35.5 Å². The van der Waals surface area contributed by atoms with Crippen LogP contribution in [0.15, 0.2) is 78.9 Å². The Balaban J connectivity index is 1.71. The third-order valence-electron chi connectivity index (χ3n) is 6.29. The highest BCUT2D eigenvalue weighted by Crippen LogP contribution is 2.46. The molecule has 1 aliphatic heterocycles. The summed E-state index contributed by atoms with van der Waals surface area (Å²) in [6.07, 6.45) is 1.60. The molecule has 8 nitrogen and oxygen atoms in total. The quantitative estimate of drug-likeness (QED) is 0.115. The van der Waals surface area contributed by atoms with Crippen LogP contribution in [0.3, 0.4) is 0 Å². The number of fused-ring (bicyclic) bond motifs is 1. The molecule has 4 aromatic rings. The topological polar surface area (TPSA) is 98.2 Å². The van der Waals surface area contributed by atoms with Crippen LogP contribution in [0.2, 0.25) is 0 Å². The molecule has 0 bridgehead atoms. The van der Waals surface area contributed by atoms with Gasteiger partial charge in [0.25, 0.3) is 5.78 Å². The number of carbonyl (C=O) groups is 2. The van der Waals surface area contributed by atoms with Gasteiger partial charge in [-0.15, -0.1) is 0 Å². The maximum Gasteiger partial charge on any atom is 0.301 e. The van der Waals surface area contributed by atoms with Gasteiger partial charge in [-0.05, 0) is 67.1 Å². The largest absolute Gasteiger partial charge is 0.507 e. The van der Waals surface area contributed by atoms with Crippen molar-refractivity contribution >= 4 is 44.1 Å². The Labute approximate surface area is 233 Å². The summed E-state index contributed by atoms with van der Waals surface area (Å²) < 4.78 is 31.1. The van der Waals surface area contributed by atoms with Gasteiger partial charge in [-0.3, -0.25) is 14.5 Å². The lowest BCUT2D eigenvalue weighted by molar-refractivity contribution is -0.132. The molecule has 204 valence electrons. The zero-order valence-corrected chi connectivity index (χ0v) is 22.5. The molecule has 1 N–H and O–H groups in total. The molecule has 1 unspecified atom stereocenters. The van der Waals surface area contributed by atoms with Crippen molar-refractivity contribution in [3.63, 3.8) is 0 Å². The van der Waals surface area contributed by atoms with Crippen LogP contribution < -0.4 is 19.1 Å². The maximum absolute atomic E-state index is 13.9. The van der Waals surface area contributed by atoms with Crippen molar-refractivity contribution in [3.8, 4) is 17.2 Å². The minimum absolute atomic E-state index is 0.122. The van der Waals surface area contributed by atoms with Gasteiger partial charge in [-0.25, -0.2) is 9.37 Å². The SMILES string of the molecule is C=CCOc1ccc(C2C(=C(O)c3ccc(OC)cc3)C(=O)C(=O)N2c2nc3ccc(F)cc3s2)cc1OCC. The first kappa shape index (κ1) is 26.9. The third-order valence-corrected chi connectivity index (χ3v) is 7.31. The first-order valence-electron chi connectivity index (χ1n) is 12.4. The number of carbonyl (C=O) groups excluding carboxylic acids is 2. The number of Topliss-reactive ketones (excluding diaryl/α,β-unsaturated/α-hetero) is 1. The van der Waals surface area contributed by atoms with Crippen LogP contribution in [-0.4, -0.2) is 42.1 Å². The Kier molecular flexibility index (Phi) is 7.52. The molecular weight excluding hydrogens is 535 g/mol. The summed E-state index contributed by atoms with van der Waals surface area (Å²) in [6, 6.07) is 14.5. The Bertz CT molecular complexity index is 1650. The van der Waals surface area contributed by atoms with E-state index in [1.54, 1.807) is 48.5 Å². The lowest BCUT2D eigenvalue weighted by Gasteiger charge is -2.24. The molecule has 0 saturated carbocycles. The Morgan fingerprint density at radius 1 is 1.10 bits per heavy atom. The van der Waals surface area contributed by atoms with Crippen molar-refractivity contribution in [1.29, 1.82) is 0 Å². The molecule has 2 heterocycles. The number of thiazole rings is 1. The number of hydrogen-bond donors (Lipinski definition) is 1. The molecule has 1 saturated heterocycles. The number of hydrogen-bond acceptors (Lipinski definition) is 8. The van der Waals surface area contributed by atoms with Crippen LogP contribution in [0.25, 0.3) is 16.0 Å². The van der Waals surface area contributed by atoms with E-state index < -0.39 is 23.5 Å². The average Bonchev–Trinajstić information content (AvgIpc) is 3.49. The molecule has 1 fully saturated rings. The van der Waals surface area contributed by atoms with E-state index in [1.165, 1.54) is 30.2 Å². The number of nitrogens with zero attached hydrogens (tertiary/aromatic N) is 2. The van der Waals surface area contributed by atoms with Gasteiger partial charge in [0, 0.05) is 5.56 Å². The fraction of sp³-hybridized carbons (Fsp3) is 0.167. The average molecular weight is 561 g/mol. The fourth-order valence-corrected chi connectivity index (χ4v) is 5.49. The van der Waals surface area contributed by atoms with Gasteiger partial charge < -0.3 is 19.3 Å². The summed E-state index contributed by atoms with van der Waals surface area (Å²) >= 11 is 1.07. The van der Waals surface area contributed by atoms with Crippen molar-refractivity contribution in [3.05, 3.63) is 95.8 Å². The highest BCUT2D eigenvalue weighted by atomic mass is 32.1. The monoisotopic (exact) mass is 560 g/mol. The Morgan fingerprint density at radius 3 is 2.58 bits per heavy atom. The lowest BCUT2D eigenvalue weighted by Crippen LogP contribution is -2.29. The zero-order chi connectivity index (χ0) is 28.4. The molecule has 1 aromatic heterocycles. The van der Waals surface area contributed by atoms with Gasteiger partial charge in [-0.2, -0.15) is 0 Å². The molecule has 10 heteroatoms. The molecular formula is C30H25FN2O6S. The maximum atomic E-state index is 13.9. The van der Waals surface area contributed by atoms with E-state index >= 15 is 0 Å². The molecule has 40 heavy (non-hydrogen) atoms. The Hall–Kier alpha value is -4.70. The fourth-order valence-electron chi connectivity index (χ4n) is 4.47. The van der Waals surface area contributed by atoms with Gasteiger partial charge >= 0.3 is 5.91 Å². The number of aromatic nitrogens is 1. The summed E-state index contributed by atoms with van der Waals surface area (Å²) in [5.74, 6) is -1.15. The van der Waals surface area contributed by atoms with E-state index in [9.17, 15) is 19.1 Å².